The average molecular weight is 489 g/mol. The Morgan fingerprint density at radius 2 is 1.97 bits per heavy atom. The van der Waals surface area contributed by atoms with Crippen LogP contribution in [0.25, 0.3) is 0 Å². The normalized spacial score (nSPS) is 16.6. The first-order valence-corrected chi connectivity index (χ1v) is 9.94. The molecule has 2 aromatic rings. The second-order valence-corrected chi connectivity index (χ2v) is 7.65. The maximum absolute atomic E-state index is 12.9. The lowest BCUT2D eigenvalue weighted by Crippen LogP contribution is -2.58. The fraction of sp³-hybridized carbons (Fsp3) is 0.150. The summed E-state index contributed by atoms with van der Waals surface area (Å²) in [5.41, 5.74) is 4.09. The van der Waals surface area contributed by atoms with E-state index in [4.69, 9.17) is 17.0 Å². The predicted molar refractivity (Wildman–Crippen MR) is 120 cm³/mol. The van der Waals surface area contributed by atoms with Crippen molar-refractivity contribution in [3.05, 3.63) is 58.1 Å². The summed E-state index contributed by atoms with van der Waals surface area (Å²) >= 11 is 8.44. The van der Waals surface area contributed by atoms with E-state index in [0.717, 1.165) is 11.8 Å². The number of halogens is 1. The molecule has 1 atom stereocenters. The van der Waals surface area contributed by atoms with E-state index in [-0.39, 0.29) is 10.7 Å². The molecule has 0 bridgehead atoms. The molecule has 0 aliphatic carbocycles. The SMILES string of the molecule is COc1ccc(Br)cc1C(=O)N/N=C/[C@H]1C(=O)NC(=S)N(c2ccc(C)cc2)C1=O. The maximum atomic E-state index is 12.9. The Balaban J connectivity index is 1.77. The molecule has 8 nitrogen and oxygen atoms in total. The van der Waals surface area contributed by atoms with Crippen molar-refractivity contribution in [3.8, 4) is 5.75 Å². The molecule has 1 fully saturated rings. The van der Waals surface area contributed by atoms with Gasteiger partial charge in [0, 0.05) is 10.7 Å². The van der Waals surface area contributed by atoms with Gasteiger partial charge in [-0.25, -0.2) is 5.43 Å². The van der Waals surface area contributed by atoms with Gasteiger partial charge < -0.3 is 10.1 Å². The third-order valence-electron chi connectivity index (χ3n) is 4.29. The quantitative estimate of drug-likeness (QED) is 0.291. The summed E-state index contributed by atoms with van der Waals surface area (Å²) in [6.07, 6.45) is 1.07. The van der Waals surface area contributed by atoms with Crippen LogP contribution < -0.4 is 20.4 Å². The zero-order valence-corrected chi connectivity index (χ0v) is 18.4. The van der Waals surface area contributed by atoms with Crippen LogP contribution in [0.3, 0.4) is 0 Å². The number of rotatable bonds is 5. The number of methoxy groups -OCH3 is 1. The number of hydrogen-bond acceptors (Lipinski definition) is 6. The molecular weight excluding hydrogens is 472 g/mol. The van der Waals surface area contributed by atoms with Crippen LogP contribution in [-0.2, 0) is 9.59 Å². The second kappa shape index (κ2) is 9.14. The molecule has 1 aliphatic heterocycles. The zero-order chi connectivity index (χ0) is 21.8. The molecule has 10 heteroatoms. The number of amides is 3. The van der Waals surface area contributed by atoms with Crippen molar-refractivity contribution in [1.29, 1.82) is 0 Å². The van der Waals surface area contributed by atoms with Gasteiger partial charge in [-0.2, -0.15) is 5.10 Å². The highest BCUT2D eigenvalue weighted by Gasteiger charge is 2.38. The van der Waals surface area contributed by atoms with Gasteiger partial charge in [-0.1, -0.05) is 33.6 Å². The van der Waals surface area contributed by atoms with E-state index >= 15 is 0 Å². The summed E-state index contributed by atoms with van der Waals surface area (Å²) in [6.45, 7) is 1.92. The summed E-state index contributed by atoms with van der Waals surface area (Å²) in [4.78, 5) is 38.8. The van der Waals surface area contributed by atoms with Gasteiger partial charge in [0.15, 0.2) is 11.0 Å². The molecule has 1 saturated heterocycles. The third-order valence-corrected chi connectivity index (χ3v) is 5.07. The van der Waals surface area contributed by atoms with E-state index in [1.807, 2.05) is 19.1 Å². The number of nitrogens with zero attached hydrogens (tertiary/aromatic N) is 2. The lowest BCUT2D eigenvalue weighted by atomic mass is 10.1. The van der Waals surface area contributed by atoms with Crippen molar-refractivity contribution >= 4 is 62.9 Å². The highest BCUT2D eigenvalue weighted by Crippen LogP contribution is 2.23. The van der Waals surface area contributed by atoms with Crippen molar-refractivity contribution in [2.75, 3.05) is 12.0 Å². The van der Waals surface area contributed by atoms with Crippen molar-refractivity contribution < 1.29 is 19.1 Å². The highest BCUT2D eigenvalue weighted by molar-refractivity contribution is 9.10. The Bertz CT molecular complexity index is 1060. The predicted octanol–water partition coefficient (Wildman–Crippen LogP) is 2.55. The monoisotopic (exact) mass is 488 g/mol. The van der Waals surface area contributed by atoms with Gasteiger partial charge in [-0.15, -0.1) is 0 Å². The fourth-order valence-corrected chi connectivity index (χ4v) is 3.41. The van der Waals surface area contributed by atoms with Crippen LogP contribution in [0.1, 0.15) is 15.9 Å². The molecule has 2 aromatic carbocycles. The molecule has 0 unspecified atom stereocenters. The number of carbonyl (C=O) groups excluding carboxylic acids is 3. The number of nitrogens with one attached hydrogen (secondary N) is 2. The minimum Gasteiger partial charge on any atom is -0.496 e. The Kier molecular flexibility index (Phi) is 6.58. The van der Waals surface area contributed by atoms with Crippen LogP contribution in [0, 0.1) is 12.8 Å². The van der Waals surface area contributed by atoms with Gasteiger partial charge >= 0.3 is 0 Å². The standard InChI is InChI=1S/C20H17BrN4O4S/c1-11-3-6-13(7-4-11)25-19(28)15(17(26)23-20(25)30)10-22-24-18(27)14-9-12(21)5-8-16(14)29-2/h3-10,15H,1-2H3,(H,24,27)(H,23,26,30)/b22-10+/t15-/m0/s1. The average Bonchev–Trinajstić information content (AvgIpc) is 2.71. The van der Waals surface area contributed by atoms with Gasteiger partial charge in [0.2, 0.25) is 5.91 Å². The lowest BCUT2D eigenvalue weighted by molar-refractivity contribution is -0.130. The van der Waals surface area contributed by atoms with E-state index in [2.05, 4.69) is 31.8 Å². The van der Waals surface area contributed by atoms with Gasteiger partial charge in [0.05, 0.1) is 18.4 Å². The third kappa shape index (κ3) is 4.55. The molecular formula is C20H17BrN4O4S. The first-order chi connectivity index (χ1) is 14.3. The molecule has 0 spiro atoms. The summed E-state index contributed by atoms with van der Waals surface area (Å²) in [5.74, 6) is -2.63. The van der Waals surface area contributed by atoms with Crippen molar-refractivity contribution in [2.24, 2.45) is 11.0 Å². The minimum atomic E-state index is -1.25. The topological polar surface area (TPSA) is 100 Å². The van der Waals surface area contributed by atoms with Crippen LogP contribution in [0.5, 0.6) is 5.75 Å². The number of anilines is 1. The Morgan fingerprint density at radius 1 is 1.27 bits per heavy atom. The molecule has 0 aromatic heterocycles. The summed E-state index contributed by atoms with van der Waals surface area (Å²) in [7, 11) is 1.44. The van der Waals surface area contributed by atoms with E-state index in [1.54, 1.807) is 30.3 Å². The number of aryl methyl sites for hydroxylation is 1. The molecule has 1 aliphatic rings. The number of ether oxygens (including phenoxy) is 1. The highest BCUT2D eigenvalue weighted by atomic mass is 79.9. The second-order valence-electron chi connectivity index (χ2n) is 6.34. The van der Waals surface area contributed by atoms with Gasteiger partial charge in [0.25, 0.3) is 11.8 Å². The number of carbonyl (C=O) groups is 3. The maximum Gasteiger partial charge on any atom is 0.275 e. The van der Waals surface area contributed by atoms with Crippen LogP contribution >= 0.6 is 28.1 Å². The molecule has 0 radical (unpaired) electrons. The van der Waals surface area contributed by atoms with E-state index in [9.17, 15) is 14.4 Å². The van der Waals surface area contributed by atoms with Crippen LogP contribution in [-0.4, -0.2) is 36.2 Å². The number of hydrazone groups is 1. The van der Waals surface area contributed by atoms with Crippen molar-refractivity contribution in [2.45, 2.75) is 6.92 Å². The van der Waals surface area contributed by atoms with E-state index in [0.29, 0.717) is 15.9 Å². The summed E-state index contributed by atoms with van der Waals surface area (Å²) in [5, 5.41) is 6.27. The Hall–Kier alpha value is -3.11. The molecule has 3 rings (SSSR count). The van der Waals surface area contributed by atoms with Crippen LogP contribution in [0.4, 0.5) is 5.69 Å². The van der Waals surface area contributed by atoms with Crippen LogP contribution in [0.15, 0.2) is 52.0 Å². The molecule has 3 amide bonds. The van der Waals surface area contributed by atoms with E-state index < -0.39 is 23.6 Å². The molecule has 1 heterocycles. The van der Waals surface area contributed by atoms with Crippen molar-refractivity contribution in [1.82, 2.24) is 10.7 Å². The van der Waals surface area contributed by atoms with E-state index in [1.165, 1.54) is 12.0 Å². The van der Waals surface area contributed by atoms with Crippen molar-refractivity contribution in [3.63, 3.8) is 0 Å². The summed E-state index contributed by atoms with van der Waals surface area (Å²) < 4.78 is 5.84. The number of hydrogen-bond donors (Lipinski definition) is 2. The number of thiocarbonyl (C=S) groups is 1. The largest absolute Gasteiger partial charge is 0.496 e. The molecule has 0 saturated carbocycles. The summed E-state index contributed by atoms with van der Waals surface area (Å²) in [6, 6.07) is 12.0. The zero-order valence-electron chi connectivity index (χ0n) is 16.0. The minimum absolute atomic E-state index is 0.0126. The molecule has 154 valence electrons. The first kappa shape index (κ1) is 21.6. The van der Waals surface area contributed by atoms with Gasteiger partial charge in [0.1, 0.15) is 5.75 Å². The molecule has 30 heavy (non-hydrogen) atoms. The van der Waals surface area contributed by atoms with Gasteiger partial charge in [-0.05, 0) is 49.5 Å². The lowest BCUT2D eigenvalue weighted by Gasteiger charge is -2.30. The Morgan fingerprint density at radius 3 is 2.63 bits per heavy atom. The fourth-order valence-electron chi connectivity index (χ4n) is 2.75. The van der Waals surface area contributed by atoms with Gasteiger partial charge in [-0.3, -0.25) is 19.3 Å². The first-order valence-electron chi connectivity index (χ1n) is 8.74. The van der Waals surface area contributed by atoms with Crippen LogP contribution in [0.2, 0.25) is 0 Å². The Labute approximate surface area is 186 Å². The number of benzene rings is 2. The smallest absolute Gasteiger partial charge is 0.275 e. The molecule has 2 N–H and O–H groups in total.